The molecule has 0 saturated carbocycles. The van der Waals surface area contributed by atoms with Gasteiger partial charge in [0.05, 0.1) is 6.04 Å². The van der Waals surface area contributed by atoms with Crippen LogP contribution in [-0.4, -0.2) is 52.4 Å². The Labute approximate surface area is 159 Å². The molecule has 5 N–H and O–H groups in total. The van der Waals surface area contributed by atoms with Gasteiger partial charge in [0, 0.05) is 23.9 Å². The number of carbonyl (C=O) groups excluding carboxylic acids is 1. The van der Waals surface area contributed by atoms with Crippen LogP contribution in [0.3, 0.4) is 0 Å². The van der Waals surface area contributed by atoms with Crippen molar-refractivity contribution >= 4 is 23.5 Å². The van der Waals surface area contributed by atoms with E-state index >= 15 is 0 Å². The van der Waals surface area contributed by atoms with E-state index in [0.29, 0.717) is 23.6 Å². The minimum Gasteiger partial charge on any atom is -0.492 e. The third-order valence-electron chi connectivity index (χ3n) is 2.80. The van der Waals surface area contributed by atoms with Crippen molar-refractivity contribution in [1.82, 2.24) is 0 Å². The van der Waals surface area contributed by atoms with Crippen LogP contribution in [0, 0.1) is 17.0 Å². The Morgan fingerprint density at radius 3 is 2.29 bits per heavy atom. The minimum absolute atomic E-state index is 0.0325. The maximum absolute atomic E-state index is 11.5. The fourth-order valence-corrected chi connectivity index (χ4v) is 1.49. The number of rotatable bonds is 9. The van der Waals surface area contributed by atoms with Gasteiger partial charge in [-0.2, -0.15) is 0 Å². The second-order valence-corrected chi connectivity index (χ2v) is 5.17. The Morgan fingerprint density at radius 1 is 1.25 bits per heavy atom. The van der Waals surface area contributed by atoms with Crippen LogP contribution in [-0.2, 0) is 19.2 Å². The number of ether oxygens (including phenoxy) is 1. The van der Waals surface area contributed by atoms with Gasteiger partial charge in [-0.3, -0.25) is 4.79 Å². The molecule has 0 aromatic heterocycles. The summed E-state index contributed by atoms with van der Waals surface area (Å²) in [4.78, 5) is 44.7. The van der Waals surface area contributed by atoms with Crippen molar-refractivity contribution < 1.29 is 39.3 Å². The molecule has 1 atom stereocenters. The zero-order valence-corrected chi connectivity index (χ0v) is 15.2. The molecule has 1 amide bonds. The summed E-state index contributed by atoms with van der Waals surface area (Å²) in [7, 11) is 0. The number of amides is 1. The largest absolute Gasteiger partial charge is 0.492 e. The van der Waals surface area contributed by atoms with Crippen LogP contribution >= 0.6 is 0 Å². The highest BCUT2D eigenvalue weighted by Crippen LogP contribution is 2.22. The van der Waals surface area contributed by atoms with Crippen LogP contribution in [0.2, 0.25) is 0 Å². The molecule has 12 heteroatoms. The number of carboxylic acid groups (broad SMARTS) is 2. The van der Waals surface area contributed by atoms with Crippen molar-refractivity contribution in [2.75, 3.05) is 18.5 Å². The van der Waals surface area contributed by atoms with E-state index in [1.165, 1.54) is 0 Å². The molecule has 1 aromatic carbocycles. The van der Waals surface area contributed by atoms with Gasteiger partial charge < -0.3 is 30.8 Å². The summed E-state index contributed by atoms with van der Waals surface area (Å²) >= 11 is 0. The van der Waals surface area contributed by atoms with Crippen LogP contribution < -0.4 is 15.8 Å². The summed E-state index contributed by atoms with van der Waals surface area (Å²) < 4.78 is 5.28. The van der Waals surface area contributed by atoms with E-state index < -0.39 is 23.1 Å². The molecule has 0 radical (unpaired) electrons. The summed E-state index contributed by atoms with van der Waals surface area (Å²) in [6.07, 6.45) is 1.12. The number of nitrogens with zero attached hydrogens (tertiary/aromatic N) is 1. The van der Waals surface area contributed by atoms with Crippen LogP contribution in [0.1, 0.15) is 12.5 Å². The topological polar surface area (TPSA) is 191 Å². The molecule has 1 aromatic rings. The lowest BCUT2D eigenvalue weighted by Gasteiger charge is -2.12. The van der Waals surface area contributed by atoms with E-state index in [9.17, 15) is 24.5 Å². The highest BCUT2D eigenvalue weighted by atomic mass is 17.0. The standard InChI is InChI=1S/C12H17N3O5.C4H4O4/c1-8-3-4-10(19-5-6-20-15(17)18)7-11(8)14-12(16)9(2)13;5-3(6)1-2-4(7)8/h3-4,7,9H,5-6,13H2,1-2H3,(H,14,16);1-2H,(H,5,6)(H,7,8). The first-order valence-corrected chi connectivity index (χ1v) is 7.74. The number of nitrogens with two attached hydrogens (primary N) is 1. The van der Waals surface area contributed by atoms with Gasteiger partial charge >= 0.3 is 11.9 Å². The lowest BCUT2D eigenvalue weighted by Crippen LogP contribution is -2.32. The number of hydrogen-bond donors (Lipinski definition) is 4. The highest BCUT2D eigenvalue weighted by molar-refractivity contribution is 5.95. The zero-order valence-electron chi connectivity index (χ0n) is 15.2. The van der Waals surface area contributed by atoms with Gasteiger partial charge in [-0.1, -0.05) is 6.07 Å². The van der Waals surface area contributed by atoms with E-state index in [1.54, 1.807) is 25.1 Å². The Bertz CT molecular complexity index is 716. The maximum atomic E-state index is 11.5. The molecule has 1 rings (SSSR count). The fourth-order valence-electron chi connectivity index (χ4n) is 1.49. The Kier molecular flexibility index (Phi) is 11.0. The van der Waals surface area contributed by atoms with Crippen LogP contribution in [0.5, 0.6) is 5.75 Å². The molecular weight excluding hydrogens is 378 g/mol. The Hall–Kier alpha value is -3.67. The molecule has 154 valence electrons. The van der Waals surface area contributed by atoms with Crippen molar-refractivity contribution in [3.05, 3.63) is 46.0 Å². The lowest BCUT2D eigenvalue weighted by molar-refractivity contribution is -0.757. The summed E-state index contributed by atoms with van der Waals surface area (Å²) in [5.41, 5.74) is 6.91. The summed E-state index contributed by atoms with van der Waals surface area (Å²) in [6, 6.07) is 4.47. The number of benzene rings is 1. The van der Waals surface area contributed by atoms with Crippen molar-refractivity contribution in [2.45, 2.75) is 19.9 Å². The van der Waals surface area contributed by atoms with Gasteiger partial charge in [0.25, 0.3) is 5.09 Å². The molecule has 12 nitrogen and oxygen atoms in total. The van der Waals surface area contributed by atoms with Crippen LogP contribution in [0.15, 0.2) is 30.4 Å². The summed E-state index contributed by atoms with van der Waals surface area (Å²) in [5.74, 6) is -2.34. The molecule has 1 unspecified atom stereocenters. The number of nitrogens with one attached hydrogen (secondary N) is 1. The predicted octanol–water partition coefficient (Wildman–Crippen LogP) is 0.580. The quantitative estimate of drug-likeness (QED) is 0.197. The van der Waals surface area contributed by atoms with E-state index in [-0.39, 0.29) is 19.1 Å². The van der Waals surface area contributed by atoms with Crippen LogP contribution in [0.4, 0.5) is 5.69 Å². The van der Waals surface area contributed by atoms with Crippen LogP contribution in [0.25, 0.3) is 0 Å². The highest BCUT2D eigenvalue weighted by Gasteiger charge is 2.10. The normalized spacial score (nSPS) is 11.0. The third-order valence-corrected chi connectivity index (χ3v) is 2.80. The number of carboxylic acids is 2. The summed E-state index contributed by atoms with van der Waals surface area (Å²) in [6.45, 7) is 3.28. The lowest BCUT2D eigenvalue weighted by atomic mass is 10.2. The second-order valence-electron chi connectivity index (χ2n) is 5.17. The summed E-state index contributed by atoms with van der Waals surface area (Å²) in [5, 5.41) is 27.4. The van der Waals surface area contributed by atoms with Gasteiger partial charge in [0.15, 0.2) is 0 Å². The maximum Gasteiger partial charge on any atom is 0.328 e. The van der Waals surface area contributed by atoms with E-state index in [0.717, 1.165) is 5.56 Å². The molecular formula is C16H21N3O9. The Balaban J connectivity index is 0.000000769. The predicted molar refractivity (Wildman–Crippen MR) is 96.3 cm³/mol. The third kappa shape index (κ3) is 11.8. The first-order valence-electron chi connectivity index (χ1n) is 7.74. The molecule has 0 aliphatic carbocycles. The molecule has 0 heterocycles. The SMILES string of the molecule is Cc1ccc(OCCO[N+](=O)[O-])cc1NC(=O)C(C)N.O=C(O)C=CC(=O)O. The monoisotopic (exact) mass is 399 g/mol. The molecule has 0 bridgehead atoms. The molecule has 0 aliphatic rings. The molecule has 0 spiro atoms. The van der Waals surface area contributed by atoms with Gasteiger partial charge in [-0.05, 0) is 25.5 Å². The molecule has 0 saturated heterocycles. The van der Waals surface area contributed by atoms with Crippen molar-refractivity contribution in [2.24, 2.45) is 5.73 Å². The van der Waals surface area contributed by atoms with E-state index in [2.05, 4.69) is 10.2 Å². The number of carbonyl (C=O) groups is 3. The van der Waals surface area contributed by atoms with E-state index in [1.807, 2.05) is 6.92 Å². The zero-order chi connectivity index (χ0) is 21.7. The molecule has 28 heavy (non-hydrogen) atoms. The first-order chi connectivity index (χ1) is 13.0. The minimum atomic E-state index is -1.26. The number of anilines is 1. The number of hydrogen-bond acceptors (Lipinski definition) is 8. The number of aryl methyl sites for hydroxylation is 1. The molecule has 0 aliphatic heterocycles. The second kappa shape index (κ2) is 12.6. The van der Waals surface area contributed by atoms with Gasteiger partial charge in [0.1, 0.15) is 19.0 Å². The number of aliphatic carboxylic acids is 2. The van der Waals surface area contributed by atoms with E-state index in [4.69, 9.17) is 20.7 Å². The average molecular weight is 399 g/mol. The molecule has 0 fully saturated rings. The van der Waals surface area contributed by atoms with Crippen molar-refractivity contribution in [1.29, 1.82) is 0 Å². The Morgan fingerprint density at radius 2 is 1.82 bits per heavy atom. The van der Waals surface area contributed by atoms with Gasteiger partial charge in [-0.25, -0.2) is 9.59 Å². The van der Waals surface area contributed by atoms with Crippen molar-refractivity contribution in [3.8, 4) is 5.75 Å². The average Bonchev–Trinajstić information content (AvgIpc) is 2.59. The smallest absolute Gasteiger partial charge is 0.328 e. The van der Waals surface area contributed by atoms with Gasteiger partial charge in [-0.15, -0.1) is 10.1 Å². The van der Waals surface area contributed by atoms with Gasteiger partial charge in [0.2, 0.25) is 5.91 Å². The van der Waals surface area contributed by atoms with Crippen molar-refractivity contribution in [3.63, 3.8) is 0 Å². The fraction of sp³-hybridized carbons (Fsp3) is 0.312. The first kappa shape index (κ1) is 24.3.